The molecule has 0 spiro atoms. The Morgan fingerprint density at radius 2 is 1.02 bits per heavy atom. The summed E-state index contributed by atoms with van der Waals surface area (Å²) in [7, 11) is 0. The molecule has 0 saturated heterocycles. The number of nitrogens with one attached hydrogen (secondary N) is 1. The number of benzene rings is 5. The quantitative estimate of drug-likeness (QED) is 0.182. The summed E-state index contributed by atoms with van der Waals surface area (Å²) in [6, 6.07) is 10.7. The van der Waals surface area contributed by atoms with E-state index in [1.54, 1.807) is 12.1 Å². The Kier molecular flexibility index (Phi) is 5.08. The van der Waals surface area contributed by atoms with Crippen molar-refractivity contribution in [2.75, 3.05) is 0 Å². The molecule has 8 nitrogen and oxygen atoms in total. The van der Waals surface area contributed by atoms with Crippen LogP contribution >= 0.6 is 0 Å². The molecule has 0 saturated carbocycles. The van der Waals surface area contributed by atoms with Crippen LogP contribution in [0.15, 0.2) is 49.5 Å². The van der Waals surface area contributed by atoms with E-state index < -0.39 is 0 Å². The largest absolute Gasteiger partial charge is 0.354 e. The molecule has 0 aliphatic carbocycles. The molecular formula is C35H28N4O4. The zero-order chi connectivity index (χ0) is 30.1. The third-order valence-electron chi connectivity index (χ3n) is 10.0. The average Bonchev–Trinajstić information content (AvgIpc) is 3.40. The molecule has 43 heavy (non-hydrogen) atoms. The van der Waals surface area contributed by atoms with Crippen molar-refractivity contribution >= 4 is 75.7 Å². The van der Waals surface area contributed by atoms with E-state index in [1.807, 2.05) is 45.9 Å². The van der Waals surface area contributed by atoms with Gasteiger partial charge in [-0.15, -0.1) is 0 Å². The highest BCUT2D eigenvalue weighted by Gasteiger charge is 2.29. The van der Waals surface area contributed by atoms with Crippen LogP contribution in [-0.4, -0.2) is 14.1 Å². The SMILES string of the molecule is CCC(CC)n1c(=O)c2ccc3c4c(C#N)cc5c(=O)n(C(CC)CC)c(=O)c6cc7[nH]c8cc(c1=O)c2c3c8c7c4c56. The van der Waals surface area contributed by atoms with E-state index in [4.69, 9.17) is 0 Å². The Morgan fingerprint density at radius 1 is 0.581 bits per heavy atom. The fraction of sp³-hybridized carbons (Fsp3) is 0.286. The van der Waals surface area contributed by atoms with Crippen LogP contribution in [0.1, 0.15) is 71.0 Å². The van der Waals surface area contributed by atoms with Crippen molar-refractivity contribution in [1.82, 2.24) is 14.1 Å². The Labute approximate surface area is 243 Å². The Morgan fingerprint density at radius 3 is 1.53 bits per heavy atom. The second kappa shape index (κ2) is 8.51. The predicted octanol–water partition coefficient (Wildman–Crippen LogP) is 6.48. The number of hydrogen-bond donors (Lipinski definition) is 1. The molecule has 0 fully saturated rings. The van der Waals surface area contributed by atoms with Gasteiger partial charge in [-0.05, 0) is 55.3 Å². The van der Waals surface area contributed by atoms with Crippen LogP contribution in [0, 0.1) is 11.3 Å². The minimum absolute atomic E-state index is 0.219. The van der Waals surface area contributed by atoms with Gasteiger partial charge in [-0.1, -0.05) is 33.8 Å². The standard InChI is InChI=1S/C35H28N4O4/c1-5-16(6-2)38-32(40)19-10-9-18-25-15(14-36)11-20-27-22(35(43)39(33(20)41)17(7-3)8-4)13-24-30(31(25)27)29-23(37-24)12-21(34(38)42)26(19)28(18)29/h9-13,16-17,37H,5-8H2,1-4H3. The first kappa shape index (κ1) is 25.7. The fourth-order valence-electron chi connectivity index (χ4n) is 8.00. The number of aromatic amines is 1. The zero-order valence-corrected chi connectivity index (χ0v) is 24.3. The lowest BCUT2D eigenvalue weighted by Crippen LogP contribution is -2.36. The van der Waals surface area contributed by atoms with Crippen LogP contribution in [0.4, 0.5) is 0 Å². The molecule has 212 valence electrons. The van der Waals surface area contributed by atoms with Crippen molar-refractivity contribution < 1.29 is 0 Å². The normalized spacial score (nSPS) is 12.9. The molecule has 0 bridgehead atoms. The van der Waals surface area contributed by atoms with Gasteiger partial charge in [0.2, 0.25) is 0 Å². The highest BCUT2D eigenvalue weighted by atomic mass is 16.2. The predicted molar refractivity (Wildman–Crippen MR) is 173 cm³/mol. The van der Waals surface area contributed by atoms with Gasteiger partial charge in [0.25, 0.3) is 22.2 Å². The zero-order valence-electron chi connectivity index (χ0n) is 24.3. The first-order valence-corrected chi connectivity index (χ1v) is 15.1. The van der Waals surface area contributed by atoms with Gasteiger partial charge in [-0.3, -0.25) is 28.3 Å². The van der Waals surface area contributed by atoms with Crippen LogP contribution in [0.5, 0.6) is 0 Å². The molecular weight excluding hydrogens is 540 g/mol. The van der Waals surface area contributed by atoms with Crippen LogP contribution in [0.25, 0.3) is 75.7 Å². The second-order valence-corrected chi connectivity index (χ2v) is 11.8. The van der Waals surface area contributed by atoms with E-state index in [2.05, 4.69) is 11.1 Å². The molecule has 8 rings (SSSR count). The summed E-state index contributed by atoms with van der Waals surface area (Å²) in [6.45, 7) is 7.87. The van der Waals surface area contributed by atoms with Gasteiger partial charge in [-0.2, -0.15) is 5.26 Å². The van der Waals surface area contributed by atoms with Crippen LogP contribution in [0.2, 0.25) is 0 Å². The maximum Gasteiger partial charge on any atom is 0.261 e. The van der Waals surface area contributed by atoms with Crippen molar-refractivity contribution in [2.45, 2.75) is 65.5 Å². The van der Waals surface area contributed by atoms with Gasteiger partial charge in [0.1, 0.15) is 0 Å². The highest BCUT2D eigenvalue weighted by molar-refractivity contribution is 6.45. The summed E-state index contributed by atoms with van der Waals surface area (Å²) in [6.07, 6.45) is 2.56. The Bertz CT molecular complexity index is 2720. The van der Waals surface area contributed by atoms with Crippen LogP contribution < -0.4 is 22.2 Å². The molecule has 5 aromatic carbocycles. The van der Waals surface area contributed by atoms with Crippen molar-refractivity contribution in [2.24, 2.45) is 0 Å². The van der Waals surface area contributed by atoms with Crippen LogP contribution in [-0.2, 0) is 0 Å². The Balaban J connectivity index is 1.71. The van der Waals surface area contributed by atoms with Crippen molar-refractivity contribution in [3.05, 3.63) is 77.3 Å². The maximum atomic E-state index is 14.0. The Hall–Kier alpha value is -5.03. The molecule has 0 amide bonds. The molecule has 0 unspecified atom stereocenters. The number of hydrogen-bond acceptors (Lipinski definition) is 5. The van der Waals surface area contributed by atoms with E-state index >= 15 is 0 Å². The summed E-state index contributed by atoms with van der Waals surface area (Å²) in [4.78, 5) is 59.3. The molecule has 0 atom stereocenters. The van der Waals surface area contributed by atoms with Gasteiger partial charge in [0.05, 0.1) is 27.8 Å². The summed E-state index contributed by atoms with van der Waals surface area (Å²) >= 11 is 0. The first-order chi connectivity index (χ1) is 20.8. The number of nitriles is 1. The number of aromatic nitrogens is 3. The van der Waals surface area contributed by atoms with Gasteiger partial charge in [-0.25, -0.2) is 0 Å². The van der Waals surface area contributed by atoms with Gasteiger partial charge in [0.15, 0.2) is 0 Å². The minimum Gasteiger partial charge on any atom is -0.354 e. The van der Waals surface area contributed by atoms with Crippen molar-refractivity contribution in [3.63, 3.8) is 0 Å². The molecule has 3 aromatic heterocycles. The molecule has 3 heterocycles. The molecule has 8 aromatic rings. The summed E-state index contributed by atoms with van der Waals surface area (Å²) in [5.41, 5.74) is 0.375. The van der Waals surface area contributed by atoms with E-state index in [0.29, 0.717) is 85.4 Å². The van der Waals surface area contributed by atoms with Gasteiger partial charge in [0, 0.05) is 66.2 Å². The lowest BCUT2D eigenvalue weighted by atomic mass is 9.84. The van der Waals surface area contributed by atoms with Crippen LogP contribution in [0.3, 0.4) is 0 Å². The molecule has 0 radical (unpaired) electrons. The monoisotopic (exact) mass is 568 g/mol. The first-order valence-electron chi connectivity index (χ1n) is 15.1. The van der Waals surface area contributed by atoms with E-state index in [9.17, 15) is 24.4 Å². The van der Waals surface area contributed by atoms with E-state index in [1.165, 1.54) is 9.13 Å². The maximum absolute atomic E-state index is 14.0. The molecule has 1 N–H and O–H groups in total. The molecule has 0 aliphatic rings. The third-order valence-corrected chi connectivity index (χ3v) is 10.0. The number of nitrogens with zero attached hydrogens (tertiary/aromatic N) is 3. The lowest BCUT2D eigenvalue weighted by Gasteiger charge is -2.21. The molecule has 0 aliphatic heterocycles. The van der Waals surface area contributed by atoms with Crippen molar-refractivity contribution in [1.29, 1.82) is 5.26 Å². The number of H-pyrrole nitrogens is 1. The summed E-state index contributed by atoms with van der Waals surface area (Å²) in [5, 5.41) is 17.7. The number of rotatable bonds is 6. The molecule has 8 heteroatoms. The average molecular weight is 569 g/mol. The topological polar surface area (TPSA) is 118 Å². The second-order valence-electron chi connectivity index (χ2n) is 11.8. The van der Waals surface area contributed by atoms with E-state index in [-0.39, 0.29) is 34.3 Å². The van der Waals surface area contributed by atoms with Gasteiger partial charge >= 0.3 is 0 Å². The number of pyridine rings is 2. The fourth-order valence-corrected chi connectivity index (χ4v) is 8.00. The lowest BCUT2D eigenvalue weighted by molar-refractivity contribution is 0.451. The van der Waals surface area contributed by atoms with E-state index in [0.717, 1.165) is 21.5 Å². The van der Waals surface area contributed by atoms with Crippen molar-refractivity contribution in [3.8, 4) is 6.07 Å². The smallest absolute Gasteiger partial charge is 0.261 e. The summed E-state index contributed by atoms with van der Waals surface area (Å²) < 4.78 is 2.75. The third kappa shape index (κ3) is 2.85. The highest BCUT2D eigenvalue weighted by Crippen LogP contribution is 2.49. The number of fused-ring (bicyclic) bond motifs is 1. The minimum atomic E-state index is -0.380. The summed E-state index contributed by atoms with van der Waals surface area (Å²) in [5.74, 6) is 0. The van der Waals surface area contributed by atoms with Gasteiger partial charge < -0.3 is 4.98 Å².